The second-order valence-corrected chi connectivity index (χ2v) is 15.6. The van der Waals surface area contributed by atoms with E-state index in [0.29, 0.717) is 17.7 Å². The molecule has 2 rings (SSSR count). The Morgan fingerprint density at radius 1 is 0.687 bits per heavy atom. The summed E-state index contributed by atoms with van der Waals surface area (Å²) < 4.78 is 0. The molecule has 0 saturated carbocycles. The van der Waals surface area contributed by atoms with Crippen molar-refractivity contribution in [3.8, 4) is 5.75 Å². The Bertz CT molecular complexity index is 2080. The van der Waals surface area contributed by atoms with Crippen LogP contribution < -0.4 is 59.7 Å². The van der Waals surface area contributed by atoms with E-state index in [0.717, 1.165) is 0 Å². The van der Waals surface area contributed by atoms with Crippen molar-refractivity contribution in [2.24, 2.45) is 28.1 Å². The molecule has 7 atom stereocenters. The van der Waals surface area contributed by atoms with Crippen molar-refractivity contribution in [1.82, 2.24) is 52.5 Å². The lowest BCUT2D eigenvalue weighted by Gasteiger charge is -2.25. The number of aromatic hydroxyl groups is 1. The molecule has 0 radical (unpaired) electrons. The third-order valence-corrected chi connectivity index (χ3v) is 9.49. The number of nitrogens with two attached hydrogens (primary N) is 3. The van der Waals surface area contributed by atoms with Gasteiger partial charge in [-0.25, -0.2) is 9.78 Å². The second kappa shape index (κ2) is 27.5. The van der Waals surface area contributed by atoms with Crippen molar-refractivity contribution in [2.75, 3.05) is 19.6 Å². The Morgan fingerprint density at radius 2 is 1.27 bits per heavy atom. The predicted octanol–water partition coefficient (Wildman–Crippen LogP) is -5.32. The number of imidazole rings is 1. The lowest BCUT2D eigenvalue weighted by atomic mass is 10.0. The lowest BCUT2D eigenvalue weighted by Crippen LogP contribution is -2.58. The predicted molar refractivity (Wildman–Crippen MR) is 236 cm³/mol. The number of amides is 8. The average molecular weight is 945 g/mol. The van der Waals surface area contributed by atoms with Gasteiger partial charge >= 0.3 is 11.9 Å². The van der Waals surface area contributed by atoms with Crippen molar-refractivity contribution in [3.63, 3.8) is 0 Å². The van der Waals surface area contributed by atoms with Gasteiger partial charge in [0.05, 0.1) is 31.9 Å². The molecule has 0 aliphatic heterocycles. The number of carbonyl (C=O) groups is 10. The number of phenolic OH excluding ortho intramolecular Hbond substituents is 1. The van der Waals surface area contributed by atoms with Crippen LogP contribution in [-0.2, 0) is 60.8 Å². The van der Waals surface area contributed by atoms with Crippen LogP contribution in [0.4, 0.5) is 0 Å². The summed E-state index contributed by atoms with van der Waals surface area (Å²) in [5, 5.41) is 47.7. The van der Waals surface area contributed by atoms with E-state index in [1.165, 1.54) is 50.6 Å². The van der Waals surface area contributed by atoms with Gasteiger partial charge in [-0.1, -0.05) is 26.0 Å². The highest BCUT2D eigenvalue weighted by molar-refractivity contribution is 5.97. The first kappa shape index (κ1) is 55.3. The minimum atomic E-state index is -1.82. The van der Waals surface area contributed by atoms with Gasteiger partial charge in [0.1, 0.15) is 42.0 Å². The number of hydrogen-bond donors (Lipinski definition) is 15. The zero-order valence-electron chi connectivity index (χ0n) is 37.3. The fourth-order valence-corrected chi connectivity index (χ4v) is 5.88. The maximum Gasteiger partial charge on any atom is 0.326 e. The molecule has 27 nitrogen and oxygen atoms in total. The quantitative estimate of drug-likeness (QED) is 0.0215. The smallest absolute Gasteiger partial charge is 0.326 e. The Balaban J connectivity index is 2.04. The molecule has 0 saturated heterocycles. The van der Waals surface area contributed by atoms with Crippen LogP contribution in [0.5, 0.6) is 5.75 Å². The van der Waals surface area contributed by atoms with Crippen LogP contribution in [0.3, 0.4) is 0 Å². The highest BCUT2D eigenvalue weighted by Gasteiger charge is 2.33. The SMILES string of the molecule is CC(C)[C@H](NC(=O)CNC(=O)[C@H](CCCN=C(N)N)NC(=O)[C@H](C)N)C(=O)N[C@@H](C)C(=O)NCC(=O)N[C@@H](Cc1cnc[nH]1)C(=O)N[C@@H](CC(=O)O)C(=O)N[C@@H](Cc1ccc(O)cc1)C(=O)O. The van der Waals surface area contributed by atoms with Gasteiger partial charge in [-0.15, -0.1) is 0 Å². The number of aliphatic carboxylic acids is 2. The van der Waals surface area contributed by atoms with Crippen molar-refractivity contribution < 1.29 is 63.3 Å². The number of hydrogen-bond acceptors (Lipinski definition) is 14. The number of benzene rings is 1. The molecular formula is C40H60N14O13. The lowest BCUT2D eigenvalue weighted by molar-refractivity contribution is -0.143. The summed E-state index contributed by atoms with van der Waals surface area (Å²) in [6, 6.07) is -3.97. The van der Waals surface area contributed by atoms with Gasteiger partial charge in [0, 0.05) is 31.3 Å². The molecule has 368 valence electrons. The maximum atomic E-state index is 13.6. The van der Waals surface area contributed by atoms with Gasteiger partial charge < -0.3 is 80.0 Å². The normalized spacial score (nSPS) is 13.9. The largest absolute Gasteiger partial charge is 0.508 e. The number of guanidine groups is 1. The molecule has 0 spiro atoms. The van der Waals surface area contributed by atoms with E-state index in [1.54, 1.807) is 13.8 Å². The Labute approximate surface area is 384 Å². The van der Waals surface area contributed by atoms with Crippen molar-refractivity contribution >= 4 is 65.2 Å². The summed E-state index contributed by atoms with van der Waals surface area (Å²) in [5.41, 5.74) is 17.0. The second-order valence-electron chi connectivity index (χ2n) is 15.6. The summed E-state index contributed by atoms with van der Waals surface area (Å²) in [4.78, 5) is 138. The number of rotatable bonds is 28. The standard InChI is InChI=1S/C40H60N14O13/c1-19(2)32(54-30(57)17-47-35(62)25(51-33(60)20(3)41)6-5-11-45-40(42)43)38(65)49-21(4)34(61)46-16-29(56)50-26(13-23-15-44-18-48-23)36(63)52-27(14-31(58)59)37(64)53-28(39(66)67)12-22-7-9-24(55)10-8-22/h7-10,15,18-21,25-28,32,55H,5-6,11-14,16-17,41H2,1-4H3,(H,44,48)(H,46,61)(H,47,62)(H,49,65)(H,50,56)(H,51,60)(H,52,63)(H,53,64)(H,54,57)(H,58,59)(H,66,67)(H4,42,43,45)/t20-,21-,25-,26-,27-,28-,32-/m0/s1. The fourth-order valence-electron chi connectivity index (χ4n) is 5.88. The molecule has 1 heterocycles. The number of aliphatic imine (C=N–C) groups is 1. The number of carbonyl (C=O) groups excluding carboxylic acids is 8. The van der Waals surface area contributed by atoms with Gasteiger partial charge in [-0.3, -0.25) is 48.1 Å². The van der Waals surface area contributed by atoms with Crippen LogP contribution in [0.2, 0.25) is 0 Å². The summed E-state index contributed by atoms with van der Waals surface area (Å²) in [7, 11) is 0. The van der Waals surface area contributed by atoms with Crippen LogP contribution in [0.25, 0.3) is 0 Å². The number of aromatic amines is 1. The highest BCUT2D eigenvalue weighted by Crippen LogP contribution is 2.12. The minimum absolute atomic E-state index is 0.0856. The summed E-state index contributed by atoms with van der Waals surface area (Å²) in [5.74, 6) is -10.7. The molecule has 0 bridgehead atoms. The van der Waals surface area contributed by atoms with Crippen LogP contribution >= 0.6 is 0 Å². The first-order valence-corrected chi connectivity index (χ1v) is 20.8. The average Bonchev–Trinajstić information content (AvgIpc) is 3.77. The minimum Gasteiger partial charge on any atom is -0.508 e. The molecule has 2 aromatic rings. The summed E-state index contributed by atoms with van der Waals surface area (Å²) in [6.45, 7) is 4.73. The maximum absolute atomic E-state index is 13.6. The zero-order chi connectivity index (χ0) is 50.4. The van der Waals surface area contributed by atoms with Crippen molar-refractivity contribution in [3.05, 3.63) is 48.0 Å². The summed E-state index contributed by atoms with van der Waals surface area (Å²) in [6.07, 6.45) is 1.48. The van der Waals surface area contributed by atoms with Gasteiger partial charge in [0.15, 0.2) is 5.96 Å². The molecule has 18 N–H and O–H groups in total. The Hall–Kier alpha value is -7.84. The van der Waals surface area contributed by atoms with E-state index < -0.39 is 127 Å². The first-order valence-electron chi connectivity index (χ1n) is 20.8. The number of nitrogens with one attached hydrogen (secondary N) is 9. The molecule has 0 aliphatic rings. The van der Waals surface area contributed by atoms with E-state index in [9.17, 15) is 63.3 Å². The Kier molecular flexibility index (Phi) is 22.7. The number of H-pyrrole nitrogens is 1. The third-order valence-electron chi connectivity index (χ3n) is 9.49. The van der Waals surface area contributed by atoms with Crippen molar-refractivity contribution in [1.29, 1.82) is 0 Å². The van der Waals surface area contributed by atoms with E-state index >= 15 is 0 Å². The van der Waals surface area contributed by atoms with Crippen LogP contribution in [-0.4, -0.2) is 152 Å². The van der Waals surface area contributed by atoms with Gasteiger partial charge in [-0.05, 0) is 50.3 Å². The van der Waals surface area contributed by atoms with E-state index in [2.05, 4.69) is 57.5 Å². The fraction of sp³-hybridized carbons (Fsp3) is 0.500. The number of carboxylic acids is 2. The molecule has 27 heteroatoms. The van der Waals surface area contributed by atoms with Crippen molar-refractivity contribution in [2.45, 2.75) is 102 Å². The molecule has 0 fully saturated rings. The molecule has 67 heavy (non-hydrogen) atoms. The van der Waals surface area contributed by atoms with Gasteiger partial charge in [0.25, 0.3) is 0 Å². The summed E-state index contributed by atoms with van der Waals surface area (Å²) >= 11 is 0. The number of phenols is 1. The van der Waals surface area contributed by atoms with Gasteiger partial charge in [-0.2, -0.15) is 0 Å². The molecule has 0 unspecified atom stereocenters. The number of carboxylic acid groups (broad SMARTS) is 2. The molecular weight excluding hydrogens is 885 g/mol. The van der Waals surface area contributed by atoms with Crippen LogP contribution in [0, 0.1) is 5.92 Å². The van der Waals surface area contributed by atoms with E-state index in [1.807, 2.05) is 0 Å². The van der Waals surface area contributed by atoms with E-state index in [-0.39, 0.29) is 37.5 Å². The molecule has 8 amide bonds. The van der Waals surface area contributed by atoms with Gasteiger partial charge in [0.2, 0.25) is 47.3 Å². The Morgan fingerprint density at radius 3 is 1.82 bits per heavy atom. The third kappa shape index (κ3) is 20.7. The topological polar surface area (TPSA) is 447 Å². The zero-order valence-corrected chi connectivity index (χ0v) is 37.3. The highest BCUT2D eigenvalue weighted by atomic mass is 16.4. The monoisotopic (exact) mass is 944 g/mol. The molecule has 1 aromatic heterocycles. The molecule has 0 aliphatic carbocycles. The molecule has 1 aromatic carbocycles. The van der Waals surface area contributed by atoms with E-state index in [4.69, 9.17) is 17.2 Å². The number of nitrogens with zero attached hydrogens (tertiary/aromatic N) is 2. The van der Waals surface area contributed by atoms with Crippen LogP contribution in [0.15, 0.2) is 41.8 Å². The number of aromatic nitrogens is 2. The van der Waals surface area contributed by atoms with Crippen LogP contribution in [0.1, 0.15) is 58.2 Å². The first-order chi connectivity index (χ1) is 31.5.